The molecular weight excluding hydrogens is 358 g/mol. The molecule has 0 bridgehead atoms. The molecule has 2 heterocycles. The van der Waals surface area contributed by atoms with Crippen LogP contribution in [-0.2, 0) is 11.8 Å². The summed E-state index contributed by atoms with van der Waals surface area (Å²) >= 11 is 0. The molecule has 0 unspecified atom stereocenters. The fourth-order valence-electron chi connectivity index (χ4n) is 2.98. The van der Waals surface area contributed by atoms with Crippen molar-refractivity contribution < 1.29 is 14.3 Å². The Morgan fingerprint density at radius 2 is 1.89 bits per heavy atom. The van der Waals surface area contributed by atoms with Crippen molar-refractivity contribution in [3.8, 4) is 5.75 Å². The Morgan fingerprint density at radius 1 is 1.18 bits per heavy atom. The van der Waals surface area contributed by atoms with Gasteiger partial charge < -0.3 is 15.4 Å². The van der Waals surface area contributed by atoms with E-state index in [0.29, 0.717) is 29.2 Å². The van der Waals surface area contributed by atoms with E-state index in [4.69, 9.17) is 4.74 Å². The lowest BCUT2D eigenvalue weighted by Crippen LogP contribution is -2.28. The fraction of sp³-hybridized carbons (Fsp3) is 0.300. The van der Waals surface area contributed by atoms with E-state index in [1.807, 2.05) is 27.8 Å². The lowest BCUT2D eigenvalue weighted by atomic mass is 10.1. The van der Waals surface area contributed by atoms with E-state index >= 15 is 0 Å². The number of fused-ring (bicyclic) bond motifs is 1. The van der Waals surface area contributed by atoms with Crippen molar-refractivity contribution in [1.29, 1.82) is 0 Å². The van der Waals surface area contributed by atoms with Crippen LogP contribution in [0.25, 0.3) is 11.0 Å². The van der Waals surface area contributed by atoms with Gasteiger partial charge in [0.1, 0.15) is 5.75 Å². The summed E-state index contributed by atoms with van der Waals surface area (Å²) in [6.45, 7) is 6.07. The number of likely N-dealkylation sites (N-methyl/N-ethyl adjacent to an activating group) is 1. The quantitative estimate of drug-likeness (QED) is 0.683. The van der Waals surface area contributed by atoms with Crippen molar-refractivity contribution in [2.24, 2.45) is 7.05 Å². The SMILES string of the molecule is CCNC(=O)COc1ccc(NC(=O)c2cc(C)nc3c2c(C)nn3C)cc1. The normalized spacial score (nSPS) is 10.7. The molecule has 2 N–H and O–H groups in total. The molecular formula is C20H23N5O3. The van der Waals surface area contributed by atoms with Crippen LogP contribution in [-0.4, -0.2) is 39.7 Å². The van der Waals surface area contributed by atoms with Crippen LogP contribution in [0.3, 0.4) is 0 Å². The third-order valence-corrected chi connectivity index (χ3v) is 4.20. The molecule has 28 heavy (non-hydrogen) atoms. The Labute approximate surface area is 162 Å². The van der Waals surface area contributed by atoms with Crippen LogP contribution in [0.5, 0.6) is 5.75 Å². The molecule has 1 aromatic carbocycles. The highest BCUT2D eigenvalue weighted by molar-refractivity contribution is 6.12. The third kappa shape index (κ3) is 4.11. The smallest absolute Gasteiger partial charge is 0.257 e. The predicted octanol–water partition coefficient (Wildman–Crippen LogP) is 2.35. The summed E-state index contributed by atoms with van der Waals surface area (Å²) in [5.41, 5.74) is 3.33. The second kappa shape index (κ2) is 8.08. The maximum absolute atomic E-state index is 12.9. The summed E-state index contributed by atoms with van der Waals surface area (Å²) < 4.78 is 7.09. The van der Waals surface area contributed by atoms with Crippen LogP contribution >= 0.6 is 0 Å². The topological polar surface area (TPSA) is 98.1 Å². The number of nitrogens with zero attached hydrogens (tertiary/aromatic N) is 3. The largest absolute Gasteiger partial charge is 0.484 e. The second-order valence-corrected chi connectivity index (χ2v) is 6.44. The lowest BCUT2D eigenvalue weighted by molar-refractivity contribution is -0.122. The highest BCUT2D eigenvalue weighted by Crippen LogP contribution is 2.23. The van der Waals surface area contributed by atoms with Crippen LogP contribution in [0.4, 0.5) is 5.69 Å². The van der Waals surface area contributed by atoms with Gasteiger partial charge in [-0.2, -0.15) is 5.10 Å². The summed E-state index contributed by atoms with van der Waals surface area (Å²) in [6.07, 6.45) is 0. The van der Waals surface area contributed by atoms with Gasteiger partial charge in [0.25, 0.3) is 11.8 Å². The summed E-state index contributed by atoms with van der Waals surface area (Å²) in [4.78, 5) is 28.8. The number of aryl methyl sites for hydroxylation is 3. The number of carbonyl (C=O) groups is 2. The molecule has 146 valence electrons. The van der Waals surface area contributed by atoms with Crippen LogP contribution in [0.2, 0.25) is 0 Å². The summed E-state index contributed by atoms with van der Waals surface area (Å²) in [5.74, 6) is 0.140. The molecule has 0 saturated carbocycles. The monoisotopic (exact) mass is 381 g/mol. The van der Waals surface area contributed by atoms with E-state index in [0.717, 1.165) is 16.8 Å². The molecule has 0 aliphatic heterocycles. The Hall–Kier alpha value is -3.42. The Kier molecular flexibility index (Phi) is 5.58. The van der Waals surface area contributed by atoms with Gasteiger partial charge in [-0.1, -0.05) is 0 Å². The first kappa shape index (κ1) is 19.3. The van der Waals surface area contributed by atoms with E-state index in [2.05, 4.69) is 20.7 Å². The van der Waals surface area contributed by atoms with Crippen LogP contribution in [0, 0.1) is 13.8 Å². The second-order valence-electron chi connectivity index (χ2n) is 6.44. The van der Waals surface area contributed by atoms with Crippen LogP contribution in [0.15, 0.2) is 30.3 Å². The maximum atomic E-state index is 12.9. The molecule has 2 amide bonds. The minimum Gasteiger partial charge on any atom is -0.484 e. The van der Waals surface area contributed by atoms with E-state index in [-0.39, 0.29) is 18.4 Å². The van der Waals surface area contributed by atoms with E-state index < -0.39 is 0 Å². The Bertz CT molecular complexity index is 1020. The van der Waals surface area contributed by atoms with Gasteiger partial charge in [0.05, 0.1) is 16.6 Å². The summed E-state index contributed by atoms with van der Waals surface area (Å²) in [7, 11) is 1.81. The lowest BCUT2D eigenvalue weighted by Gasteiger charge is -2.09. The van der Waals surface area contributed by atoms with Crippen molar-refractivity contribution >= 4 is 28.5 Å². The van der Waals surface area contributed by atoms with Gasteiger partial charge in [0, 0.05) is 25.0 Å². The molecule has 0 aliphatic rings. The number of rotatable bonds is 6. The predicted molar refractivity (Wildman–Crippen MR) is 107 cm³/mol. The number of pyridine rings is 1. The standard InChI is InChI=1S/C20H23N5O3/c1-5-21-17(26)11-28-15-8-6-14(7-9-15)23-20(27)16-10-12(2)22-19-18(16)13(3)24-25(19)4/h6-10H,5,11H2,1-4H3,(H,21,26)(H,23,27). The molecule has 0 aliphatic carbocycles. The van der Waals surface area contributed by atoms with Crippen molar-refractivity contribution in [1.82, 2.24) is 20.1 Å². The molecule has 0 atom stereocenters. The van der Waals surface area contributed by atoms with Gasteiger partial charge >= 0.3 is 0 Å². The van der Waals surface area contributed by atoms with Crippen LogP contribution < -0.4 is 15.4 Å². The van der Waals surface area contributed by atoms with E-state index in [1.54, 1.807) is 35.0 Å². The zero-order valence-electron chi connectivity index (χ0n) is 16.4. The number of amides is 2. The number of ether oxygens (including phenoxy) is 1. The number of anilines is 1. The molecule has 0 radical (unpaired) electrons. The van der Waals surface area contributed by atoms with Gasteiger partial charge in [-0.3, -0.25) is 14.3 Å². The third-order valence-electron chi connectivity index (χ3n) is 4.20. The zero-order valence-corrected chi connectivity index (χ0v) is 16.4. The number of nitrogens with one attached hydrogen (secondary N) is 2. The Balaban J connectivity index is 1.75. The molecule has 3 rings (SSSR count). The zero-order chi connectivity index (χ0) is 20.3. The maximum Gasteiger partial charge on any atom is 0.257 e. The van der Waals surface area contributed by atoms with Crippen molar-refractivity contribution in [3.05, 3.63) is 47.3 Å². The van der Waals surface area contributed by atoms with Gasteiger partial charge in [-0.05, 0) is 51.1 Å². The molecule has 3 aromatic rings. The molecule has 0 spiro atoms. The molecule has 2 aromatic heterocycles. The van der Waals surface area contributed by atoms with Gasteiger partial charge in [-0.15, -0.1) is 0 Å². The first-order chi connectivity index (χ1) is 13.4. The number of hydrogen-bond acceptors (Lipinski definition) is 5. The van der Waals surface area contributed by atoms with Gasteiger partial charge in [-0.25, -0.2) is 4.98 Å². The fourth-order valence-corrected chi connectivity index (χ4v) is 2.98. The summed E-state index contributed by atoms with van der Waals surface area (Å²) in [6, 6.07) is 8.63. The van der Waals surface area contributed by atoms with E-state index in [1.165, 1.54) is 0 Å². The number of aromatic nitrogens is 3. The number of carbonyl (C=O) groups excluding carboxylic acids is 2. The molecule has 8 nitrogen and oxygen atoms in total. The first-order valence-electron chi connectivity index (χ1n) is 9.01. The average molecular weight is 381 g/mol. The van der Waals surface area contributed by atoms with Gasteiger partial charge in [0.15, 0.2) is 12.3 Å². The minimum absolute atomic E-state index is 0.0475. The summed E-state index contributed by atoms with van der Waals surface area (Å²) in [5, 5.41) is 10.7. The van der Waals surface area contributed by atoms with E-state index in [9.17, 15) is 9.59 Å². The highest BCUT2D eigenvalue weighted by Gasteiger charge is 2.18. The molecule has 0 fully saturated rings. The molecule has 0 saturated heterocycles. The highest BCUT2D eigenvalue weighted by atomic mass is 16.5. The number of benzene rings is 1. The van der Waals surface area contributed by atoms with Crippen LogP contribution in [0.1, 0.15) is 28.7 Å². The van der Waals surface area contributed by atoms with Crippen molar-refractivity contribution in [2.45, 2.75) is 20.8 Å². The minimum atomic E-state index is -0.234. The Morgan fingerprint density at radius 3 is 2.57 bits per heavy atom. The average Bonchev–Trinajstić information content (AvgIpc) is 2.94. The van der Waals surface area contributed by atoms with Crippen molar-refractivity contribution in [3.63, 3.8) is 0 Å². The van der Waals surface area contributed by atoms with Crippen molar-refractivity contribution in [2.75, 3.05) is 18.5 Å². The number of hydrogen-bond donors (Lipinski definition) is 2. The first-order valence-corrected chi connectivity index (χ1v) is 9.01. The molecule has 8 heteroatoms. The van der Waals surface area contributed by atoms with Gasteiger partial charge in [0.2, 0.25) is 0 Å².